The van der Waals surface area contributed by atoms with Gasteiger partial charge >= 0.3 is 0 Å². The Morgan fingerprint density at radius 3 is 2.78 bits per heavy atom. The minimum atomic E-state index is 0.517. The first kappa shape index (κ1) is 20.8. The van der Waals surface area contributed by atoms with Crippen LogP contribution in [0.4, 0.5) is 5.82 Å². The van der Waals surface area contributed by atoms with Crippen molar-refractivity contribution in [3.8, 4) is 0 Å². The standard InChI is InChI=1S/C20H31N5O2/c1-4-26-14-7-12-21-20(22-13-11-18-9-6-15-27-18)23-16-17-8-5-10-19(24-17)25(2)3/h5-6,8-10,15H,4,7,11-14,16H2,1-3H3,(H2,21,22,23). The Hall–Kier alpha value is -2.54. The van der Waals surface area contributed by atoms with E-state index in [1.807, 2.05) is 56.3 Å². The van der Waals surface area contributed by atoms with Crippen LogP contribution in [0.3, 0.4) is 0 Å². The number of hydrogen-bond acceptors (Lipinski definition) is 5. The summed E-state index contributed by atoms with van der Waals surface area (Å²) in [5.41, 5.74) is 0.933. The first-order valence-electron chi connectivity index (χ1n) is 9.44. The number of nitrogens with one attached hydrogen (secondary N) is 2. The van der Waals surface area contributed by atoms with Gasteiger partial charge in [-0.05, 0) is 37.6 Å². The smallest absolute Gasteiger partial charge is 0.191 e. The lowest BCUT2D eigenvalue weighted by Gasteiger charge is -2.13. The van der Waals surface area contributed by atoms with Gasteiger partial charge in [-0.3, -0.25) is 0 Å². The maximum absolute atomic E-state index is 5.38. The molecule has 0 aliphatic rings. The molecule has 0 aliphatic heterocycles. The topological polar surface area (TPSA) is 74.9 Å². The molecule has 27 heavy (non-hydrogen) atoms. The van der Waals surface area contributed by atoms with Crippen LogP contribution in [-0.4, -0.2) is 51.3 Å². The second-order valence-electron chi connectivity index (χ2n) is 6.28. The number of aromatic nitrogens is 1. The molecule has 0 saturated heterocycles. The van der Waals surface area contributed by atoms with Crippen molar-refractivity contribution >= 4 is 11.8 Å². The molecule has 7 nitrogen and oxygen atoms in total. The highest BCUT2D eigenvalue weighted by molar-refractivity contribution is 5.79. The molecule has 0 aromatic carbocycles. The molecule has 0 fully saturated rings. The molecule has 0 atom stereocenters. The van der Waals surface area contributed by atoms with Crippen molar-refractivity contribution in [2.24, 2.45) is 4.99 Å². The SMILES string of the molecule is CCOCCCNC(=NCc1cccc(N(C)C)n1)NCCc1ccco1. The molecule has 0 bridgehead atoms. The molecular formula is C20H31N5O2. The summed E-state index contributed by atoms with van der Waals surface area (Å²) in [5.74, 6) is 2.66. The highest BCUT2D eigenvalue weighted by Crippen LogP contribution is 2.08. The van der Waals surface area contributed by atoms with Gasteiger partial charge in [-0.1, -0.05) is 6.07 Å². The number of pyridine rings is 1. The third-order valence-electron chi connectivity index (χ3n) is 3.86. The van der Waals surface area contributed by atoms with Crippen molar-refractivity contribution in [2.75, 3.05) is 45.3 Å². The van der Waals surface area contributed by atoms with Crippen molar-refractivity contribution in [1.82, 2.24) is 15.6 Å². The van der Waals surface area contributed by atoms with Crippen LogP contribution in [0.2, 0.25) is 0 Å². The van der Waals surface area contributed by atoms with E-state index in [-0.39, 0.29) is 0 Å². The quantitative estimate of drug-likeness (QED) is 0.358. The summed E-state index contributed by atoms with van der Waals surface area (Å²) >= 11 is 0. The number of anilines is 1. The Labute approximate surface area is 161 Å². The second-order valence-corrected chi connectivity index (χ2v) is 6.28. The van der Waals surface area contributed by atoms with E-state index >= 15 is 0 Å². The largest absolute Gasteiger partial charge is 0.469 e. The molecule has 2 aromatic heterocycles. The van der Waals surface area contributed by atoms with Gasteiger partial charge in [0.05, 0.1) is 18.5 Å². The van der Waals surface area contributed by atoms with E-state index in [2.05, 4.69) is 20.6 Å². The monoisotopic (exact) mass is 373 g/mol. The molecule has 0 spiro atoms. The van der Waals surface area contributed by atoms with E-state index in [4.69, 9.17) is 9.15 Å². The van der Waals surface area contributed by atoms with Crippen LogP contribution >= 0.6 is 0 Å². The van der Waals surface area contributed by atoms with Gasteiger partial charge in [0.25, 0.3) is 0 Å². The highest BCUT2D eigenvalue weighted by atomic mass is 16.5. The zero-order valence-electron chi connectivity index (χ0n) is 16.6. The van der Waals surface area contributed by atoms with Gasteiger partial charge < -0.3 is 24.7 Å². The molecule has 2 aromatic rings. The summed E-state index contributed by atoms with van der Waals surface area (Å²) in [7, 11) is 3.97. The fraction of sp³-hybridized carbons (Fsp3) is 0.500. The first-order chi connectivity index (χ1) is 13.2. The lowest BCUT2D eigenvalue weighted by molar-refractivity contribution is 0.145. The lowest BCUT2D eigenvalue weighted by Crippen LogP contribution is -2.39. The van der Waals surface area contributed by atoms with E-state index in [0.717, 1.165) is 62.4 Å². The van der Waals surface area contributed by atoms with Crippen LogP contribution in [0.5, 0.6) is 0 Å². The fourth-order valence-corrected chi connectivity index (χ4v) is 2.42. The third-order valence-corrected chi connectivity index (χ3v) is 3.86. The molecule has 0 amide bonds. The number of nitrogens with zero attached hydrogens (tertiary/aromatic N) is 3. The average Bonchev–Trinajstić information content (AvgIpc) is 3.19. The van der Waals surface area contributed by atoms with E-state index < -0.39 is 0 Å². The molecular weight excluding hydrogens is 342 g/mol. The summed E-state index contributed by atoms with van der Waals surface area (Å²) in [4.78, 5) is 11.3. The summed E-state index contributed by atoms with van der Waals surface area (Å²) < 4.78 is 10.8. The average molecular weight is 374 g/mol. The number of furan rings is 1. The Kier molecular flexibility index (Phi) is 9.20. The first-order valence-corrected chi connectivity index (χ1v) is 9.44. The molecule has 2 N–H and O–H groups in total. The molecule has 0 saturated carbocycles. The molecule has 0 unspecified atom stereocenters. The fourth-order valence-electron chi connectivity index (χ4n) is 2.42. The number of aliphatic imine (C=N–C) groups is 1. The minimum absolute atomic E-state index is 0.517. The zero-order valence-corrected chi connectivity index (χ0v) is 16.6. The van der Waals surface area contributed by atoms with Crippen LogP contribution in [0.1, 0.15) is 24.8 Å². The van der Waals surface area contributed by atoms with Crippen molar-refractivity contribution in [3.05, 3.63) is 48.0 Å². The van der Waals surface area contributed by atoms with Gasteiger partial charge in [0.1, 0.15) is 11.6 Å². The third kappa shape index (κ3) is 8.13. The van der Waals surface area contributed by atoms with Crippen molar-refractivity contribution < 1.29 is 9.15 Å². The highest BCUT2D eigenvalue weighted by Gasteiger charge is 2.03. The molecule has 7 heteroatoms. The van der Waals surface area contributed by atoms with Crippen molar-refractivity contribution in [3.63, 3.8) is 0 Å². The maximum atomic E-state index is 5.38. The van der Waals surface area contributed by atoms with E-state index in [9.17, 15) is 0 Å². The van der Waals surface area contributed by atoms with Gasteiger partial charge in [0, 0.05) is 46.8 Å². The summed E-state index contributed by atoms with van der Waals surface area (Å²) in [6.07, 6.45) is 3.43. The van der Waals surface area contributed by atoms with Gasteiger partial charge in [-0.15, -0.1) is 0 Å². The normalized spacial score (nSPS) is 11.4. The zero-order chi connectivity index (χ0) is 19.3. The number of hydrogen-bond donors (Lipinski definition) is 2. The Balaban J connectivity index is 1.89. The van der Waals surface area contributed by atoms with Gasteiger partial charge in [0.2, 0.25) is 0 Å². The predicted molar refractivity (Wildman–Crippen MR) is 109 cm³/mol. The maximum Gasteiger partial charge on any atom is 0.191 e. The molecule has 2 rings (SSSR count). The van der Waals surface area contributed by atoms with Crippen molar-refractivity contribution in [2.45, 2.75) is 26.3 Å². The van der Waals surface area contributed by atoms with Crippen molar-refractivity contribution in [1.29, 1.82) is 0 Å². The minimum Gasteiger partial charge on any atom is -0.469 e. The van der Waals surface area contributed by atoms with Crippen LogP contribution in [0.15, 0.2) is 46.0 Å². The van der Waals surface area contributed by atoms with Gasteiger partial charge in [-0.25, -0.2) is 9.98 Å². The molecule has 2 heterocycles. The summed E-state index contributed by atoms with van der Waals surface area (Å²) in [5, 5.41) is 6.71. The van der Waals surface area contributed by atoms with E-state index in [1.54, 1.807) is 6.26 Å². The van der Waals surface area contributed by atoms with Gasteiger partial charge in [-0.2, -0.15) is 0 Å². The van der Waals surface area contributed by atoms with E-state index in [1.165, 1.54) is 0 Å². The summed E-state index contributed by atoms with van der Waals surface area (Å²) in [6.45, 7) is 5.56. The lowest BCUT2D eigenvalue weighted by atomic mass is 10.3. The Morgan fingerprint density at radius 1 is 1.19 bits per heavy atom. The predicted octanol–water partition coefficient (Wildman–Crippen LogP) is 2.45. The molecule has 148 valence electrons. The van der Waals surface area contributed by atoms with Gasteiger partial charge in [0.15, 0.2) is 5.96 Å². The molecule has 0 aliphatic carbocycles. The van der Waals surface area contributed by atoms with Crippen LogP contribution in [-0.2, 0) is 17.7 Å². The van der Waals surface area contributed by atoms with E-state index in [0.29, 0.717) is 6.54 Å². The number of guanidine groups is 1. The van der Waals surface area contributed by atoms with Crippen LogP contribution < -0.4 is 15.5 Å². The van der Waals surface area contributed by atoms with Crippen LogP contribution in [0, 0.1) is 0 Å². The van der Waals surface area contributed by atoms with Crippen LogP contribution in [0.25, 0.3) is 0 Å². The molecule has 0 radical (unpaired) electrons. The Morgan fingerprint density at radius 2 is 2.04 bits per heavy atom. The second kappa shape index (κ2) is 12.0. The summed E-state index contributed by atoms with van der Waals surface area (Å²) in [6, 6.07) is 9.87. The number of rotatable bonds is 11. The Bertz CT molecular complexity index is 671. The number of ether oxygens (including phenoxy) is 1.